The molecule has 0 N–H and O–H groups in total. The number of hydrogen-bond donors (Lipinski definition) is 0. The molecule has 2 saturated heterocycles. The predicted octanol–water partition coefficient (Wildman–Crippen LogP) is 3.18. The molecule has 2 atom stereocenters. The monoisotopic (exact) mass is 356 g/mol. The van der Waals surface area contributed by atoms with Crippen LogP contribution in [0.25, 0.3) is 0 Å². The number of hydrogen-bond acceptors (Lipinski definition) is 3. The highest BCUT2D eigenvalue weighted by atomic mass is 35.5. The summed E-state index contributed by atoms with van der Waals surface area (Å²) in [7, 11) is 0. The highest BCUT2D eigenvalue weighted by molar-refractivity contribution is 6.03. The maximum absolute atomic E-state index is 13.1. The molecule has 0 radical (unpaired) electrons. The maximum Gasteiger partial charge on any atom is 0.251 e. The van der Waals surface area contributed by atoms with Crippen LogP contribution in [0.1, 0.15) is 30.0 Å². The summed E-state index contributed by atoms with van der Waals surface area (Å²) in [5.74, 6) is -0.151. The minimum Gasteiger partial charge on any atom is -0.277 e. The van der Waals surface area contributed by atoms with Crippen molar-refractivity contribution in [2.45, 2.75) is 31.5 Å². The molecule has 0 unspecified atom stereocenters. The molecular formula is C20H21ClN2O2. The molecule has 0 aliphatic carbocycles. The van der Waals surface area contributed by atoms with Gasteiger partial charge in [0.05, 0.1) is 12.6 Å². The van der Waals surface area contributed by atoms with Crippen LogP contribution in [0.15, 0.2) is 60.7 Å². The van der Waals surface area contributed by atoms with Crippen LogP contribution in [0.2, 0.25) is 0 Å². The molecular weight excluding hydrogens is 336 g/mol. The topological polar surface area (TPSA) is 40.6 Å². The zero-order valence-corrected chi connectivity index (χ0v) is 14.7. The second-order valence-electron chi connectivity index (χ2n) is 6.46. The normalized spacial score (nSPS) is 23.3. The van der Waals surface area contributed by atoms with E-state index >= 15 is 0 Å². The summed E-state index contributed by atoms with van der Waals surface area (Å²) in [6, 6.07) is 19.0. The fraction of sp³-hybridized carbons (Fsp3) is 0.300. The zero-order valence-electron chi connectivity index (χ0n) is 13.9. The molecule has 2 amide bonds. The van der Waals surface area contributed by atoms with E-state index in [1.54, 1.807) is 0 Å². The lowest BCUT2D eigenvalue weighted by atomic mass is 9.98. The molecule has 4 rings (SSSR count). The summed E-state index contributed by atoms with van der Waals surface area (Å²) in [6.07, 6.45) is 1.80. The highest BCUT2D eigenvalue weighted by Gasteiger charge is 2.48. The molecule has 4 nitrogen and oxygen atoms in total. The second-order valence-corrected chi connectivity index (χ2v) is 6.46. The van der Waals surface area contributed by atoms with Gasteiger partial charge in [0.2, 0.25) is 5.91 Å². The second kappa shape index (κ2) is 7.38. The molecule has 2 aliphatic rings. The minimum atomic E-state index is -0.347. The van der Waals surface area contributed by atoms with Gasteiger partial charge in [-0.25, -0.2) is 0 Å². The Morgan fingerprint density at radius 2 is 1.52 bits per heavy atom. The molecule has 2 fully saturated rings. The largest absolute Gasteiger partial charge is 0.277 e. The number of nitrogens with zero attached hydrogens (tertiary/aromatic N) is 2. The third-order valence-corrected chi connectivity index (χ3v) is 4.98. The van der Waals surface area contributed by atoms with Crippen molar-refractivity contribution in [3.8, 4) is 0 Å². The Morgan fingerprint density at radius 3 is 2.20 bits per heavy atom. The molecule has 0 saturated carbocycles. The minimum absolute atomic E-state index is 0. The summed E-state index contributed by atoms with van der Waals surface area (Å²) in [4.78, 5) is 29.6. The molecule has 2 aromatic carbocycles. The lowest BCUT2D eigenvalue weighted by Crippen LogP contribution is -2.58. The van der Waals surface area contributed by atoms with Crippen LogP contribution < -0.4 is 0 Å². The van der Waals surface area contributed by atoms with Gasteiger partial charge in [-0.2, -0.15) is 0 Å². The van der Waals surface area contributed by atoms with Crippen LogP contribution >= 0.6 is 12.4 Å². The highest BCUT2D eigenvalue weighted by Crippen LogP contribution is 2.36. The molecule has 2 aromatic rings. The number of benzene rings is 2. The summed E-state index contributed by atoms with van der Waals surface area (Å²) in [5, 5.41) is 0. The van der Waals surface area contributed by atoms with Gasteiger partial charge in [0.25, 0.3) is 5.91 Å². The van der Waals surface area contributed by atoms with Crippen molar-refractivity contribution in [1.82, 2.24) is 9.80 Å². The van der Waals surface area contributed by atoms with E-state index in [1.165, 1.54) is 4.90 Å². The van der Waals surface area contributed by atoms with Crippen molar-refractivity contribution in [3.63, 3.8) is 0 Å². The van der Waals surface area contributed by atoms with Gasteiger partial charge in [0.1, 0.15) is 6.04 Å². The fourth-order valence-corrected chi connectivity index (χ4v) is 3.83. The van der Waals surface area contributed by atoms with Gasteiger partial charge in [0, 0.05) is 6.54 Å². The third-order valence-electron chi connectivity index (χ3n) is 4.98. The van der Waals surface area contributed by atoms with Crippen LogP contribution in [0.5, 0.6) is 0 Å². The predicted molar refractivity (Wildman–Crippen MR) is 98.2 cm³/mol. The smallest absolute Gasteiger partial charge is 0.251 e. The molecule has 2 aliphatic heterocycles. The number of carbonyl (C=O) groups excluding carboxylic acids is 2. The number of imide groups is 1. The van der Waals surface area contributed by atoms with E-state index in [9.17, 15) is 9.59 Å². The van der Waals surface area contributed by atoms with Crippen molar-refractivity contribution >= 4 is 24.2 Å². The number of carbonyl (C=O) groups is 2. The fourth-order valence-electron chi connectivity index (χ4n) is 3.83. The first-order valence-corrected chi connectivity index (χ1v) is 8.45. The summed E-state index contributed by atoms with van der Waals surface area (Å²) < 4.78 is 0. The van der Waals surface area contributed by atoms with E-state index in [0.717, 1.165) is 30.5 Å². The van der Waals surface area contributed by atoms with Crippen molar-refractivity contribution < 1.29 is 9.59 Å². The van der Waals surface area contributed by atoms with Crippen molar-refractivity contribution in [2.24, 2.45) is 0 Å². The summed E-state index contributed by atoms with van der Waals surface area (Å²) in [6.45, 7) is 1.16. The lowest BCUT2D eigenvalue weighted by molar-refractivity contribution is -0.160. The molecule has 0 aromatic heterocycles. The average Bonchev–Trinajstić information content (AvgIpc) is 3.10. The van der Waals surface area contributed by atoms with Crippen LogP contribution in [-0.4, -0.2) is 34.2 Å². The van der Waals surface area contributed by atoms with Crippen molar-refractivity contribution in [1.29, 1.82) is 0 Å². The number of amides is 2. The molecule has 0 spiro atoms. The Morgan fingerprint density at radius 1 is 0.880 bits per heavy atom. The van der Waals surface area contributed by atoms with Crippen LogP contribution in [0.4, 0.5) is 0 Å². The van der Waals surface area contributed by atoms with Crippen LogP contribution in [0.3, 0.4) is 0 Å². The maximum atomic E-state index is 13.1. The van der Waals surface area contributed by atoms with E-state index in [-0.39, 0.29) is 36.3 Å². The number of halogens is 1. The Hall–Kier alpha value is -2.17. The number of piperazine rings is 1. The summed E-state index contributed by atoms with van der Waals surface area (Å²) >= 11 is 0. The van der Waals surface area contributed by atoms with E-state index in [4.69, 9.17) is 0 Å². The van der Waals surface area contributed by atoms with Gasteiger partial charge in [-0.05, 0) is 24.0 Å². The number of fused-ring (bicyclic) bond motifs is 1. The van der Waals surface area contributed by atoms with E-state index < -0.39 is 0 Å². The van der Waals surface area contributed by atoms with Crippen molar-refractivity contribution in [2.75, 3.05) is 6.54 Å². The van der Waals surface area contributed by atoms with Gasteiger partial charge in [-0.15, -0.1) is 12.4 Å². The molecule has 25 heavy (non-hydrogen) atoms. The summed E-state index contributed by atoms with van der Waals surface area (Å²) in [5.41, 5.74) is 1.96. The number of rotatable bonds is 3. The van der Waals surface area contributed by atoms with Gasteiger partial charge < -0.3 is 0 Å². The van der Waals surface area contributed by atoms with Gasteiger partial charge in [-0.1, -0.05) is 60.7 Å². The van der Waals surface area contributed by atoms with Gasteiger partial charge in [0.15, 0.2) is 0 Å². The van der Waals surface area contributed by atoms with Gasteiger partial charge in [-0.3, -0.25) is 19.4 Å². The Balaban J connectivity index is 0.00000182. The van der Waals surface area contributed by atoms with Crippen LogP contribution in [0, 0.1) is 0 Å². The molecule has 2 heterocycles. The Labute approximate surface area is 153 Å². The quantitative estimate of drug-likeness (QED) is 0.793. The first kappa shape index (κ1) is 17.6. The SMILES string of the molecule is Cl.O=C1[C@H](c2ccccc2)N2CCC[C@H]2C(=O)N1Cc1ccccc1. The first-order valence-electron chi connectivity index (χ1n) is 8.45. The van der Waals surface area contributed by atoms with Gasteiger partial charge >= 0.3 is 0 Å². The zero-order chi connectivity index (χ0) is 16.5. The average molecular weight is 357 g/mol. The van der Waals surface area contributed by atoms with E-state index in [0.29, 0.717) is 6.54 Å². The van der Waals surface area contributed by atoms with Crippen molar-refractivity contribution in [3.05, 3.63) is 71.8 Å². The molecule has 0 bridgehead atoms. The third kappa shape index (κ3) is 3.20. The lowest BCUT2D eigenvalue weighted by Gasteiger charge is -2.41. The first-order chi connectivity index (χ1) is 11.8. The Bertz CT molecular complexity index is 751. The molecule has 5 heteroatoms. The van der Waals surface area contributed by atoms with Crippen LogP contribution in [-0.2, 0) is 16.1 Å². The van der Waals surface area contributed by atoms with E-state index in [2.05, 4.69) is 4.90 Å². The van der Waals surface area contributed by atoms with E-state index in [1.807, 2.05) is 60.7 Å². The Kier molecular flexibility index (Phi) is 5.21. The molecule has 130 valence electrons. The standard InChI is InChI=1S/C20H20N2O2.ClH/c23-19-17-12-7-13-21(17)18(16-10-5-2-6-11-16)20(24)22(19)14-15-8-3-1-4-9-15;/h1-6,8-11,17-18H,7,12-14H2;1H/t17-,18-;/m0./s1.